The molecule has 1 aromatic rings. The summed E-state index contributed by atoms with van der Waals surface area (Å²) in [6.45, 7) is 5.46. The largest absolute Gasteiger partial charge is 0.393 e. The van der Waals surface area contributed by atoms with Gasteiger partial charge in [-0.2, -0.15) is 0 Å². The molecule has 3 rings (SSSR count). The zero-order valence-electron chi connectivity index (χ0n) is 13.8. The number of amides is 2. The summed E-state index contributed by atoms with van der Waals surface area (Å²) >= 11 is 0. The van der Waals surface area contributed by atoms with Crippen LogP contribution in [0.5, 0.6) is 0 Å². The predicted molar refractivity (Wildman–Crippen MR) is 88.2 cm³/mol. The maximum absolute atomic E-state index is 12.6. The summed E-state index contributed by atoms with van der Waals surface area (Å²) in [5, 5.41) is 9.64. The highest BCUT2D eigenvalue weighted by Gasteiger charge is 2.34. The maximum Gasteiger partial charge on any atom is 0.316 e. The quantitative estimate of drug-likeness (QED) is 0.799. The van der Waals surface area contributed by atoms with Crippen LogP contribution in [0.2, 0.25) is 0 Å². The highest BCUT2D eigenvalue weighted by atomic mass is 16.3. The van der Waals surface area contributed by atoms with E-state index in [9.17, 15) is 14.7 Å². The number of rotatable bonds is 1. The molecule has 1 saturated heterocycles. The fourth-order valence-corrected chi connectivity index (χ4v) is 3.54. The second-order valence-corrected chi connectivity index (χ2v) is 6.71. The third kappa shape index (κ3) is 3.11. The Balaban J connectivity index is 1.68. The Labute approximate surface area is 136 Å². The highest BCUT2D eigenvalue weighted by Crippen LogP contribution is 2.29. The minimum Gasteiger partial charge on any atom is -0.393 e. The van der Waals surface area contributed by atoms with Crippen LogP contribution in [0.4, 0.5) is 5.69 Å². The van der Waals surface area contributed by atoms with Gasteiger partial charge in [-0.3, -0.25) is 9.59 Å². The van der Waals surface area contributed by atoms with E-state index in [1.54, 1.807) is 16.7 Å². The van der Waals surface area contributed by atoms with Crippen LogP contribution in [0.15, 0.2) is 18.2 Å². The molecular weight excluding hydrogens is 292 g/mol. The first-order valence-corrected chi connectivity index (χ1v) is 8.35. The number of piperidine rings is 1. The van der Waals surface area contributed by atoms with E-state index in [2.05, 4.69) is 0 Å². The Morgan fingerprint density at radius 1 is 1.17 bits per heavy atom. The smallest absolute Gasteiger partial charge is 0.316 e. The van der Waals surface area contributed by atoms with Crippen LogP contribution < -0.4 is 4.90 Å². The SMILES string of the molecule is Cc1ccc2c(c1)N(C(=O)C(=O)N1CCC(C(C)O)CC1)CC2. The first kappa shape index (κ1) is 16.0. The van der Waals surface area contributed by atoms with Crippen LogP contribution in [-0.2, 0) is 16.0 Å². The van der Waals surface area contributed by atoms with Crippen molar-refractivity contribution >= 4 is 17.5 Å². The van der Waals surface area contributed by atoms with Crippen LogP contribution in [0.25, 0.3) is 0 Å². The molecule has 0 aliphatic carbocycles. The van der Waals surface area contributed by atoms with Gasteiger partial charge in [0, 0.05) is 25.3 Å². The summed E-state index contributed by atoms with van der Waals surface area (Å²) in [5.41, 5.74) is 3.10. The summed E-state index contributed by atoms with van der Waals surface area (Å²) in [7, 11) is 0. The molecule has 0 radical (unpaired) electrons. The number of nitrogens with zero attached hydrogens (tertiary/aromatic N) is 2. The summed E-state index contributed by atoms with van der Waals surface area (Å²) in [6, 6.07) is 6.05. The molecule has 0 aromatic heterocycles. The second kappa shape index (κ2) is 6.32. The second-order valence-electron chi connectivity index (χ2n) is 6.71. The number of benzene rings is 1. The molecular formula is C18H24N2O3. The van der Waals surface area contributed by atoms with Gasteiger partial charge < -0.3 is 14.9 Å². The lowest BCUT2D eigenvalue weighted by atomic mass is 9.92. The summed E-state index contributed by atoms with van der Waals surface area (Å²) in [6.07, 6.45) is 1.97. The molecule has 2 amide bonds. The normalized spacial score (nSPS) is 19.6. The molecule has 0 bridgehead atoms. The van der Waals surface area contributed by atoms with Gasteiger partial charge in [-0.15, -0.1) is 0 Å². The molecule has 1 fully saturated rings. The van der Waals surface area contributed by atoms with Crippen molar-refractivity contribution < 1.29 is 14.7 Å². The number of anilines is 1. The number of aliphatic hydroxyl groups excluding tert-OH is 1. The van der Waals surface area contributed by atoms with Crippen molar-refractivity contribution in [3.63, 3.8) is 0 Å². The van der Waals surface area contributed by atoms with Crippen molar-refractivity contribution in [2.45, 2.75) is 39.2 Å². The van der Waals surface area contributed by atoms with Gasteiger partial charge in [-0.1, -0.05) is 12.1 Å². The lowest BCUT2D eigenvalue weighted by Crippen LogP contribution is -2.48. The van der Waals surface area contributed by atoms with E-state index in [1.165, 1.54) is 0 Å². The van der Waals surface area contributed by atoms with E-state index < -0.39 is 11.8 Å². The van der Waals surface area contributed by atoms with Gasteiger partial charge in [0.15, 0.2) is 0 Å². The Morgan fingerprint density at radius 2 is 1.87 bits per heavy atom. The van der Waals surface area contributed by atoms with E-state index in [4.69, 9.17) is 0 Å². The first-order valence-electron chi connectivity index (χ1n) is 8.35. The lowest BCUT2D eigenvalue weighted by Gasteiger charge is -2.33. The van der Waals surface area contributed by atoms with Crippen molar-refractivity contribution in [3.8, 4) is 0 Å². The number of likely N-dealkylation sites (tertiary alicyclic amines) is 1. The number of aryl methyl sites for hydroxylation is 1. The average Bonchev–Trinajstić information content (AvgIpc) is 2.96. The molecule has 2 aliphatic rings. The van der Waals surface area contributed by atoms with Crippen molar-refractivity contribution in [2.24, 2.45) is 5.92 Å². The topological polar surface area (TPSA) is 60.9 Å². The summed E-state index contributed by atoms with van der Waals surface area (Å²) < 4.78 is 0. The van der Waals surface area contributed by atoms with Crippen molar-refractivity contribution in [1.29, 1.82) is 0 Å². The maximum atomic E-state index is 12.6. The van der Waals surface area contributed by atoms with Gasteiger partial charge in [0.2, 0.25) is 0 Å². The number of carbonyl (C=O) groups is 2. The van der Waals surface area contributed by atoms with Gasteiger partial charge in [-0.05, 0) is 56.2 Å². The van der Waals surface area contributed by atoms with E-state index >= 15 is 0 Å². The molecule has 5 heteroatoms. The van der Waals surface area contributed by atoms with Gasteiger partial charge in [0.25, 0.3) is 0 Å². The molecule has 1 N–H and O–H groups in total. The average molecular weight is 316 g/mol. The van der Waals surface area contributed by atoms with Crippen molar-refractivity contribution in [3.05, 3.63) is 29.3 Å². The van der Waals surface area contributed by atoms with Crippen LogP contribution in [-0.4, -0.2) is 47.6 Å². The zero-order valence-corrected chi connectivity index (χ0v) is 13.8. The fourth-order valence-electron chi connectivity index (χ4n) is 3.54. The molecule has 0 spiro atoms. The van der Waals surface area contributed by atoms with Gasteiger partial charge in [0.1, 0.15) is 0 Å². The Kier molecular flexibility index (Phi) is 4.39. The third-order valence-corrected chi connectivity index (χ3v) is 5.07. The van der Waals surface area contributed by atoms with E-state index in [1.807, 2.05) is 25.1 Å². The Morgan fingerprint density at radius 3 is 2.52 bits per heavy atom. The minimum atomic E-state index is -0.426. The van der Waals surface area contributed by atoms with Gasteiger partial charge in [0.05, 0.1) is 6.10 Å². The number of hydrogen-bond acceptors (Lipinski definition) is 3. The molecule has 2 aliphatic heterocycles. The molecule has 5 nitrogen and oxygen atoms in total. The number of fused-ring (bicyclic) bond motifs is 1. The highest BCUT2D eigenvalue weighted by molar-refractivity contribution is 6.40. The third-order valence-electron chi connectivity index (χ3n) is 5.07. The monoisotopic (exact) mass is 316 g/mol. The van der Waals surface area contributed by atoms with Gasteiger partial charge >= 0.3 is 11.8 Å². The Hall–Kier alpha value is -1.88. The predicted octanol–water partition coefficient (Wildman–Crippen LogP) is 1.50. The molecule has 1 aromatic carbocycles. The number of hydrogen-bond donors (Lipinski definition) is 1. The molecule has 1 atom stereocenters. The minimum absolute atomic E-state index is 0.226. The van der Waals surface area contributed by atoms with Crippen LogP contribution in [0, 0.1) is 12.8 Å². The summed E-state index contributed by atoms with van der Waals surface area (Å²) in [5.74, 6) is -0.613. The molecule has 124 valence electrons. The Bertz CT molecular complexity index is 619. The molecule has 1 unspecified atom stereocenters. The van der Waals surface area contributed by atoms with E-state index in [-0.39, 0.29) is 12.0 Å². The lowest BCUT2D eigenvalue weighted by molar-refractivity contribution is -0.145. The van der Waals surface area contributed by atoms with Crippen LogP contribution >= 0.6 is 0 Å². The van der Waals surface area contributed by atoms with Crippen LogP contribution in [0.3, 0.4) is 0 Å². The first-order chi connectivity index (χ1) is 11.0. The van der Waals surface area contributed by atoms with Gasteiger partial charge in [-0.25, -0.2) is 0 Å². The number of aliphatic hydroxyl groups is 1. The van der Waals surface area contributed by atoms with Crippen molar-refractivity contribution in [1.82, 2.24) is 4.90 Å². The van der Waals surface area contributed by atoms with Crippen molar-refractivity contribution in [2.75, 3.05) is 24.5 Å². The summed E-state index contributed by atoms with van der Waals surface area (Å²) in [4.78, 5) is 28.4. The fraction of sp³-hybridized carbons (Fsp3) is 0.556. The standard InChI is InChI=1S/C18H24N2O3/c1-12-3-4-15-7-10-20(16(15)11-12)18(23)17(22)19-8-5-14(6-9-19)13(2)21/h3-4,11,13-14,21H,5-10H2,1-2H3. The molecule has 0 saturated carbocycles. The van der Waals surface area contributed by atoms with Crippen LogP contribution in [0.1, 0.15) is 30.9 Å². The molecule has 23 heavy (non-hydrogen) atoms. The van der Waals surface area contributed by atoms with E-state index in [0.717, 1.165) is 36.1 Å². The zero-order chi connectivity index (χ0) is 16.6. The van der Waals surface area contributed by atoms with E-state index in [0.29, 0.717) is 19.6 Å². The molecule has 2 heterocycles. The number of carbonyl (C=O) groups excluding carboxylic acids is 2.